The molecule has 36 heavy (non-hydrogen) atoms. The second kappa shape index (κ2) is 12.6. The molecule has 7 nitrogen and oxygen atoms in total. The Morgan fingerprint density at radius 1 is 0.861 bits per heavy atom. The van der Waals surface area contributed by atoms with Gasteiger partial charge in [-0.05, 0) is 56.2 Å². The molecule has 0 radical (unpaired) electrons. The Morgan fingerprint density at radius 2 is 1.53 bits per heavy atom. The van der Waals surface area contributed by atoms with Gasteiger partial charge in [0.2, 0.25) is 0 Å². The summed E-state index contributed by atoms with van der Waals surface area (Å²) in [6, 6.07) is 24.5. The quantitative estimate of drug-likeness (QED) is 0.409. The fraction of sp³-hybridized carbons (Fsp3) is 0.310. The average molecular weight is 491 g/mol. The van der Waals surface area contributed by atoms with Gasteiger partial charge in [-0.15, -0.1) is 0 Å². The van der Waals surface area contributed by atoms with E-state index in [0.717, 1.165) is 11.1 Å². The molecule has 3 aromatic carbocycles. The Balaban J connectivity index is 1.71. The SMILES string of the molecule is COc1cc(CN(CCOC(=O)NC(C)(C)C)C(=O)c2ccccc2)ccc1OCc1ccccc1. The predicted molar refractivity (Wildman–Crippen MR) is 139 cm³/mol. The van der Waals surface area contributed by atoms with Gasteiger partial charge >= 0.3 is 6.09 Å². The van der Waals surface area contributed by atoms with E-state index in [1.54, 1.807) is 24.1 Å². The lowest BCUT2D eigenvalue weighted by molar-refractivity contribution is 0.0676. The molecule has 0 aliphatic heterocycles. The molecule has 190 valence electrons. The minimum Gasteiger partial charge on any atom is -0.493 e. The lowest BCUT2D eigenvalue weighted by Gasteiger charge is -2.24. The molecule has 0 saturated carbocycles. The van der Waals surface area contributed by atoms with Gasteiger partial charge in [-0.3, -0.25) is 4.79 Å². The number of methoxy groups -OCH3 is 1. The van der Waals surface area contributed by atoms with E-state index in [4.69, 9.17) is 14.2 Å². The first-order valence-corrected chi connectivity index (χ1v) is 11.9. The van der Waals surface area contributed by atoms with Crippen LogP contribution in [0.1, 0.15) is 42.3 Å². The Labute approximate surface area is 213 Å². The topological polar surface area (TPSA) is 77.1 Å². The van der Waals surface area contributed by atoms with Crippen LogP contribution in [-0.4, -0.2) is 42.7 Å². The molecular weight excluding hydrogens is 456 g/mol. The normalized spacial score (nSPS) is 10.9. The number of nitrogens with zero attached hydrogens (tertiary/aromatic N) is 1. The Kier molecular flexibility index (Phi) is 9.33. The Bertz CT molecular complexity index is 1130. The van der Waals surface area contributed by atoms with Gasteiger partial charge < -0.3 is 24.4 Å². The number of carbonyl (C=O) groups excluding carboxylic acids is 2. The molecule has 0 atom stereocenters. The van der Waals surface area contributed by atoms with Gasteiger partial charge in [0.15, 0.2) is 11.5 Å². The van der Waals surface area contributed by atoms with Crippen molar-refractivity contribution in [2.45, 2.75) is 39.5 Å². The van der Waals surface area contributed by atoms with Crippen LogP contribution < -0.4 is 14.8 Å². The fourth-order valence-electron chi connectivity index (χ4n) is 3.49. The van der Waals surface area contributed by atoms with Crippen molar-refractivity contribution in [3.8, 4) is 11.5 Å². The number of ether oxygens (including phenoxy) is 3. The summed E-state index contributed by atoms with van der Waals surface area (Å²) in [6.07, 6.45) is -0.517. The number of hydrogen-bond donors (Lipinski definition) is 1. The molecule has 0 aliphatic carbocycles. The van der Waals surface area contributed by atoms with Gasteiger partial charge in [-0.1, -0.05) is 54.6 Å². The summed E-state index contributed by atoms with van der Waals surface area (Å²) in [5, 5.41) is 2.75. The van der Waals surface area contributed by atoms with Crippen molar-refractivity contribution >= 4 is 12.0 Å². The van der Waals surface area contributed by atoms with E-state index in [9.17, 15) is 9.59 Å². The van der Waals surface area contributed by atoms with E-state index in [-0.39, 0.29) is 19.1 Å². The molecule has 0 fully saturated rings. The van der Waals surface area contributed by atoms with E-state index in [1.165, 1.54) is 0 Å². The molecule has 3 rings (SSSR count). The Morgan fingerprint density at radius 3 is 2.17 bits per heavy atom. The van der Waals surface area contributed by atoms with Crippen LogP contribution in [0.15, 0.2) is 78.9 Å². The average Bonchev–Trinajstić information content (AvgIpc) is 2.87. The first-order valence-electron chi connectivity index (χ1n) is 11.9. The van der Waals surface area contributed by atoms with Crippen molar-refractivity contribution in [3.63, 3.8) is 0 Å². The van der Waals surface area contributed by atoms with E-state index in [0.29, 0.717) is 30.2 Å². The van der Waals surface area contributed by atoms with Crippen molar-refractivity contribution in [2.24, 2.45) is 0 Å². The first kappa shape index (κ1) is 26.6. The lowest BCUT2D eigenvalue weighted by Crippen LogP contribution is -2.42. The maximum absolute atomic E-state index is 13.2. The molecule has 1 N–H and O–H groups in total. The van der Waals surface area contributed by atoms with Gasteiger partial charge in [0.1, 0.15) is 13.2 Å². The number of amides is 2. The summed E-state index contributed by atoms with van der Waals surface area (Å²) in [7, 11) is 1.59. The lowest BCUT2D eigenvalue weighted by atomic mass is 10.1. The number of alkyl carbamates (subject to hydrolysis) is 1. The molecule has 0 saturated heterocycles. The number of carbonyl (C=O) groups is 2. The summed E-state index contributed by atoms with van der Waals surface area (Å²) in [6.45, 7) is 6.66. The number of hydrogen-bond acceptors (Lipinski definition) is 5. The highest BCUT2D eigenvalue weighted by Crippen LogP contribution is 2.29. The zero-order valence-electron chi connectivity index (χ0n) is 21.3. The molecule has 0 bridgehead atoms. The van der Waals surface area contributed by atoms with Crippen molar-refractivity contribution in [1.29, 1.82) is 0 Å². The molecule has 0 aliphatic rings. The van der Waals surface area contributed by atoms with Crippen molar-refractivity contribution in [2.75, 3.05) is 20.3 Å². The van der Waals surface area contributed by atoms with Crippen LogP contribution in [0, 0.1) is 0 Å². The smallest absolute Gasteiger partial charge is 0.407 e. The van der Waals surface area contributed by atoms with Crippen molar-refractivity contribution < 1.29 is 23.8 Å². The molecule has 2 amide bonds. The molecule has 0 heterocycles. The molecule has 0 spiro atoms. The van der Waals surface area contributed by atoms with Crippen LogP contribution in [0.25, 0.3) is 0 Å². The zero-order chi connectivity index (χ0) is 26.0. The number of rotatable bonds is 10. The Hall–Kier alpha value is -4.00. The summed E-state index contributed by atoms with van der Waals surface area (Å²) < 4.78 is 16.8. The second-order valence-electron chi connectivity index (χ2n) is 9.36. The van der Waals surface area contributed by atoms with Gasteiger partial charge in [0.25, 0.3) is 5.91 Å². The first-order chi connectivity index (χ1) is 17.2. The third kappa shape index (κ3) is 8.34. The minimum absolute atomic E-state index is 0.0654. The van der Waals surface area contributed by atoms with Crippen LogP contribution in [-0.2, 0) is 17.9 Å². The maximum atomic E-state index is 13.2. The summed E-state index contributed by atoms with van der Waals surface area (Å²) in [5.41, 5.74) is 2.07. The van der Waals surface area contributed by atoms with E-state index in [1.807, 2.05) is 87.5 Å². The van der Waals surface area contributed by atoms with Gasteiger partial charge in [-0.25, -0.2) is 4.79 Å². The maximum Gasteiger partial charge on any atom is 0.407 e. The molecule has 0 unspecified atom stereocenters. The van der Waals surface area contributed by atoms with E-state index in [2.05, 4.69) is 5.32 Å². The second-order valence-corrected chi connectivity index (χ2v) is 9.36. The van der Waals surface area contributed by atoms with E-state index >= 15 is 0 Å². The summed E-state index contributed by atoms with van der Waals surface area (Å²) >= 11 is 0. The monoisotopic (exact) mass is 490 g/mol. The van der Waals surface area contributed by atoms with Gasteiger partial charge in [-0.2, -0.15) is 0 Å². The van der Waals surface area contributed by atoms with Crippen molar-refractivity contribution in [1.82, 2.24) is 10.2 Å². The number of nitrogens with one attached hydrogen (secondary N) is 1. The molecule has 3 aromatic rings. The van der Waals surface area contributed by atoms with Crippen LogP contribution in [0.2, 0.25) is 0 Å². The van der Waals surface area contributed by atoms with Crippen LogP contribution in [0.3, 0.4) is 0 Å². The standard InChI is InChI=1S/C29H34N2O5/c1-29(2,3)30-28(33)35-18-17-31(27(32)24-13-9-6-10-14-24)20-23-15-16-25(26(19-23)34-4)36-21-22-11-7-5-8-12-22/h5-16,19H,17-18,20-21H2,1-4H3,(H,30,33). The highest BCUT2D eigenvalue weighted by atomic mass is 16.5. The fourth-order valence-corrected chi connectivity index (χ4v) is 3.49. The third-order valence-electron chi connectivity index (χ3n) is 5.22. The van der Waals surface area contributed by atoms with Crippen LogP contribution in [0.5, 0.6) is 11.5 Å². The zero-order valence-corrected chi connectivity index (χ0v) is 21.3. The largest absolute Gasteiger partial charge is 0.493 e. The van der Waals surface area contributed by atoms with Gasteiger partial charge in [0, 0.05) is 17.6 Å². The molecule has 7 heteroatoms. The van der Waals surface area contributed by atoms with Crippen molar-refractivity contribution in [3.05, 3.63) is 95.6 Å². The highest BCUT2D eigenvalue weighted by molar-refractivity contribution is 5.94. The van der Waals surface area contributed by atoms with Crippen LogP contribution in [0.4, 0.5) is 4.79 Å². The van der Waals surface area contributed by atoms with E-state index < -0.39 is 11.6 Å². The van der Waals surface area contributed by atoms with Gasteiger partial charge in [0.05, 0.1) is 13.7 Å². The third-order valence-corrected chi connectivity index (χ3v) is 5.22. The molecule has 0 aromatic heterocycles. The minimum atomic E-state index is -0.517. The number of benzene rings is 3. The van der Waals surface area contributed by atoms with Crippen LogP contribution >= 0.6 is 0 Å². The molecular formula is C29H34N2O5. The summed E-state index contributed by atoms with van der Waals surface area (Å²) in [5.74, 6) is 1.04. The summed E-state index contributed by atoms with van der Waals surface area (Å²) in [4.78, 5) is 27.0. The predicted octanol–water partition coefficient (Wildman–Crippen LogP) is 5.44. The highest BCUT2D eigenvalue weighted by Gasteiger charge is 2.19.